The Kier molecular flexibility index (Phi) is 8.94. The van der Waals surface area contributed by atoms with Gasteiger partial charge in [0.2, 0.25) is 5.91 Å². The summed E-state index contributed by atoms with van der Waals surface area (Å²) in [5, 5.41) is 31.1. The molecular formula is C26H27F3N8O2. The number of halogens is 3. The Hall–Kier alpha value is -4.23. The molecule has 0 aliphatic rings. The van der Waals surface area contributed by atoms with E-state index in [1.807, 2.05) is 0 Å². The zero-order chi connectivity index (χ0) is 27.8. The van der Waals surface area contributed by atoms with E-state index in [2.05, 4.69) is 36.1 Å². The van der Waals surface area contributed by atoms with E-state index in [9.17, 15) is 23.1 Å². The maximum Gasteiger partial charge on any atom is 0.417 e. The topological polar surface area (TPSA) is 131 Å². The Labute approximate surface area is 222 Å². The van der Waals surface area contributed by atoms with Gasteiger partial charge >= 0.3 is 6.18 Å². The number of carbonyl (C=O) groups is 1. The van der Waals surface area contributed by atoms with Crippen molar-refractivity contribution in [2.24, 2.45) is 0 Å². The van der Waals surface area contributed by atoms with Gasteiger partial charge in [-0.1, -0.05) is 23.4 Å². The largest absolute Gasteiger partial charge is 0.417 e. The Morgan fingerprint density at radius 3 is 2.62 bits per heavy atom. The number of aryl methyl sites for hydroxylation is 2. The van der Waals surface area contributed by atoms with Gasteiger partial charge in [0.05, 0.1) is 29.6 Å². The summed E-state index contributed by atoms with van der Waals surface area (Å²) in [7, 11) is 1.63. The number of benzene rings is 1. The summed E-state index contributed by atoms with van der Waals surface area (Å²) in [6, 6.07) is 11.6. The highest BCUT2D eigenvalue weighted by Gasteiger charge is 2.33. The van der Waals surface area contributed by atoms with Crippen molar-refractivity contribution in [3.63, 3.8) is 0 Å². The van der Waals surface area contributed by atoms with Gasteiger partial charge in [0, 0.05) is 12.7 Å². The number of nitrogens with zero attached hydrogens (tertiary/aromatic N) is 6. The maximum absolute atomic E-state index is 13.4. The number of rotatable bonds is 11. The van der Waals surface area contributed by atoms with E-state index in [0.29, 0.717) is 29.9 Å². The molecule has 3 aromatic heterocycles. The van der Waals surface area contributed by atoms with Crippen LogP contribution in [-0.2, 0) is 30.4 Å². The second-order valence-electron chi connectivity index (χ2n) is 8.77. The van der Waals surface area contributed by atoms with Gasteiger partial charge in [0.1, 0.15) is 5.69 Å². The van der Waals surface area contributed by atoms with Gasteiger partial charge in [-0.2, -0.15) is 18.3 Å². The quantitative estimate of drug-likeness (QED) is 0.194. The molecule has 0 fully saturated rings. The van der Waals surface area contributed by atoms with Crippen molar-refractivity contribution in [3.8, 4) is 11.1 Å². The number of aliphatic hydroxyl groups excluding tert-OH is 1. The van der Waals surface area contributed by atoms with Crippen LogP contribution in [0.2, 0.25) is 0 Å². The van der Waals surface area contributed by atoms with Crippen molar-refractivity contribution in [1.82, 2.24) is 35.5 Å². The fraction of sp³-hybridized carbons (Fsp3) is 0.308. The van der Waals surface area contributed by atoms with Crippen LogP contribution in [-0.4, -0.2) is 48.2 Å². The molecule has 13 heteroatoms. The normalized spacial score (nSPS) is 12.3. The smallest absolute Gasteiger partial charge is 0.373 e. The molecule has 4 aromatic rings. The first-order chi connectivity index (χ1) is 18.7. The van der Waals surface area contributed by atoms with E-state index in [-0.39, 0.29) is 17.8 Å². The van der Waals surface area contributed by atoms with E-state index in [0.717, 1.165) is 24.6 Å². The number of unbranched alkanes of at least 4 members (excludes halogenated alkanes) is 1. The number of aromatic nitrogens is 6. The number of pyridine rings is 1. The van der Waals surface area contributed by atoms with Crippen molar-refractivity contribution in [1.29, 1.82) is 0 Å². The van der Waals surface area contributed by atoms with Gasteiger partial charge in [-0.25, -0.2) is 0 Å². The minimum absolute atomic E-state index is 0.0224. The van der Waals surface area contributed by atoms with Gasteiger partial charge in [-0.05, 0) is 67.8 Å². The maximum atomic E-state index is 13.4. The number of carbonyl (C=O) groups excluding carboxylic acids is 1. The van der Waals surface area contributed by atoms with E-state index in [4.69, 9.17) is 0 Å². The molecule has 3 N–H and O–H groups in total. The van der Waals surface area contributed by atoms with E-state index in [1.165, 1.54) is 36.5 Å². The van der Waals surface area contributed by atoms with Crippen LogP contribution in [0.15, 0.2) is 60.9 Å². The summed E-state index contributed by atoms with van der Waals surface area (Å²) < 4.78 is 41.9. The molecule has 0 aliphatic heterocycles. The molecule has 0 saturated carbocycles. The fourth-order valence-electron chi connectivity index (χ4n) is 3.91. The van der Waals surface area contributed by atoms with Crippen molar-refractivity contribution < 1.29 is 23.1 Å². The number of anilines is 1. The zero-order valence-electron chi connectivity index (χ0n) is 21.1. The highest BCUT2D eigenvalue weighted by atomic mass is 19.4. The van der Waals surface area contributed by atoms with Gasteiger partial charge < -0.3 is 10.4 Å². The van der Waals surface area contributed by atoms with Crippen LogP contribution >= 0.6 is 0 Å². The van der Waals surface area contributed by atoms with E-state index >= 15 is 0 Å². The Bertz CT molecular complexity index is 1390. The standard InChI is InChI=1S/C26H27F3N8O2/c1-30-25(39)22-16-37(36-34-22)13-5-4-6-18-9-10-23(35-33-18)32-24(38)15-19-14-17(11-12-31-19)20-7-2-3-8-21(20)26(27,28)29/h2-3,7-12,14,16,25,30,39H,4-6,13,15H2,1H3,(H,32,35,38). The summed E-state index contributed by atoms with van der Waals surface area (Å²) in [5.74, 6) is -0.151. The molecule has 1 aromatic carbocycles. The first-order valence-corrected chi connectivity index (χ1v) is 12.2. The van der Waals surface area contributed by atoms with Crippen molar-refractivity contribution >= 4 is 11.7 Å². The first-order valence-electron chi connectivity index (χ1n) is 12.2. The lowest BCUT2D eigenvalue weighted by Gasteiger charge is -2.13. The fourth-order valence-corrected chi connectivity index (χ4v) is 3.91. The molecule has 1 amide bonds. The first kappa shape index (κ1) is 27.8. The minimum Gasteiger partial charge on any atom is -0.373 e. The summed E-state index contributed by atoms with van der Waals surface area (Å²) >= 11 is 0. The molecule has 1 unspecified atom stereocenters. The highest BCUT2D eigenvalue weighted by Crippen LogP contribution is 2.36. The molecule has 39 heavy (non-hydrogen) atoms. The summed E-state index contributed by atoms with van der Waals surface area (Å²) in [5.41, 5.74) is 1.14. The van der Waals surface area contributed by atoms with Crippen LogP contribution in [0.4, 0.5) is 19.0 Å². The molecule has 0 radical (unpaired) electrons. The minimum atomic E-state index is -4.50. The summed E-state index contributed by atoms with van der Waals surface area (Å²) in [6.07, 6.45) is -0.102. The molecule has 3 heterocycles. The van der Waals surface area contributed by atoms with Crippen molar-refractivity contribution in [2.45, 2.75) is 44.6 Å². The average molecular weight is 541 g/mol. The number of alkyl halides is 3. The Balaban J connectivity index is 1.27. The lowest BCUT2D eigenvalue weighted by Crippen LogP contribution is -2.16. The molecule has 1 atom stereocenters. The third-order valence-corrected chi connectivity index (χ3v) is 5.87. The van der Waals surface area contributed by atoms with Crippen LogP contribution in [0.5, 0.6) is 0 Å². The van der Waals surface area contributed by atoms with Gasteiger partial charge in [0.15, 0.2) is 12.0 Å². The van der Waals surface area contributed by atoms with Gasteiger partial charge in [0.25, 0.3) is 0 Å². The van der Waals surface area contributed by atoms with Crippen molar-refractivity contribution in [3.05, 3.63) is 83.6 Å². The Morgan fingerprint density at radius 1 is 1.05 bits per heavy atom. The molecular weight excluding hydrogens is 513 g/mol. The number of aliphatic hydroxyl groups is 1. The summed E-state index contributed by atoms with van der Waals surface area (Å²) in [4.78, 5) is 16.6. The van der Waals surface area contributed by atoms with E-state index < -0.39 is 23.9 Å². The Morgan fingerprint density at radius 2 is 1.87 bits per heavy atom. The summed E-state index contributed by atoms with van der Waals surface area (Å²) in [6.45, 7) is 0.641. The van der Waals surface area contributed by atoms with Crippen molar-refractivity contribution in [2.75, 3.05) is 12.4 Å². The van der Waals surface area contributed by atoms with Crippen LogP contribution in [0.1, 0.15) is 41.7 Å². The van der Waals surface area contributed by atoms with Gasteiger partial charge in [-0.3, -0.25) is 19.8 Å². The van der Waals surface area contributed by atoms with Crippen LogP contribution in [0.25, 0.3) is 11.1 Å². The number of amides is 1. The number of nitrogens with one attached hydrogen (secondary N) is 2. The predicted octanol–water partition coefficient (Wildman–Crippen LogP) is 3.56. The molecule has 0 spiro atoms. The third kappa shape index (κ3) is 7.65. The van der Waals surface area contributed by atoms with Gasteiger partial charge in [-0.15, -0.1) is 10.2 Å². The molecule has 204 valence electrons. The molecule has 4 rings (SSSR count). The molecule has 0 aliphatic carbocycles. The van der Waals surface area contributed by atoms with Crippen LogP contribution in [0, 0.1) is 0 Å². The average Bonchev–Trinajstić information content (AvgIpc) is 3.40. The third-order valence-electron chi connectivity index (χ3n) is 5.87. The molecule has 10 nitrogen and oxygen atoms in total. The lowest BCUT2D eigenvalue weighted by atomic mass is 9.99. The van der Waals surface area contributed by atoms with E-state index in [1.54, 1.807) is 30.1 Å². The zero-order valence-corrected chi connectivity index (χ0v) is 21.1. The second kappa shape index (κ2) is 12.5. The molecule has 0 bridgehead atoms. The second-order valence-corrected chi connectivity index (χ2v) is 8.77. The SMILES string of the molecule is CNC(O)c1cn(CCCCc2ccc(NC(=O)Cc3cc(-c4ccccc4C(F)(F)F)ccn3)nn2)nn1. The highest BCUT2D eigenvalue weighted by molar-refractivity contribution is 5.91. The predicted molar refractivity (Wildman–Crippen MR) is 136 cm³/mol. The monoisotopic (exact) mass is 540 g/mol. The van der Waals surface area contributed by atoms with Crippen LogP contribution in [0.3, 0.4) is 0 Å². The lowest BCUT2D eigenvalue weighted by molar-refractivity contribution is -0.137. The molecule has 0 saturated heterocycles. The number of hydrogen-bond acceptors (Lipinski definition) is 8. The van der Waals surface area contributed by atoms with Crippen LogP contribution < -0.4 is 10.6 Å². The number of hydrogen-bond donors (Lipinski definition) is 3.